The number of pyridine rings is 1. The number of aryl methyl sites for hydroxylation is 1. The Morgan fingerprint density at radius 1 is 1.54 bits per heavy atom. The zero-order valence-corrected chi connectivity index (χ0v) is 8.12. The molecule has 3 heteroatoms. The van der Waals surface area contributed by atoms with E-state index in [1.807, 2.05) is 19.1 Å². The summed E-state index contributed by atoms with van der Waals surface area (Å²) in [5.41, 5.74) is 7.50. The summed E-state index contributed by atoms with van der Waals surface area (Å²) in [6, 6.07) is 3.85. The van der Waals surface area contributed by atoms with Gasteiger partial charge in [0.2, 0.25) is 0 Å². The standard InChI is InChI=1S/C10H15N3/c1-3-4-10(11)13-9-6-5-8(2)12-7-9/h5-7H,3-4H2,1-2H3,(H2,11,13). The molecule has 0 bridgehead atoms. The molecule has 13 heavy (non-hydrogen) atoms. The largest absolute Gasteiger partial charge is 0.387 e. The van der Waals surface area contributed by atoms with Crippen molar-refractivity contribution < 1.29 is 0 Å². The monoisotopic (exact) mass is 177 g/mol. The quantitative estimate of drug-likeness (QED) is 0.568. The zero-order valence-electron chi connectivity index (χ0n) is 8.12. The normalized spacial score (nSPS) is 11.7. The van der Waals surface area contributed by atoms with Gasteiger partial charge in [-0.05, 0) is 25.5 Å². The number of hydrogen-bond donors (Lipinski definition) is 1. The number of amidine groups is 1. The molecule has 0 spiro atoms. The van der Waals surface area contributed by atoms with Crippen molar-refractivity contribution in [3.05, 3.63) is 24.0 Å². The molecule has 0 saturated carbocycles. The van der Waals surface area contributed by atoms with Crippen LogP contribution in [0.25, 0.3) is 0 Å². The smallest absolute Gasteiger partial charge is 0.0996 e. The zero-order chi connectivity index (χ0) is 9.68. The van der Waals surface area contributed by atoms with E-state index in [0.29, 0.717) is 5.84 Å². The van der Waals surface area contributed by atoms with Gasteiger partial charge in [0.25, 0.3) is 0 Å². The van der Waals surface area contributed by atoms with Crippen LogP contribution < -0.4 is 5.73 Å². The minimum absolute atomic E-state index is 0.674. The number of aromatic nitrogens is 1. The predicted molar refractivity (Wildman–Crippen MR) is 55.2 cm³/mol. The second-order valence-electron chi connectivity index (χ2n) is 3.01. The van der Waals surface area contributed by atoms with E-state index in [1.54, 1.807) is 6.20 Å². The van der Waals surface area contributed by atoms with E-state index in [4.69, 9.17) is 5.73 Å². The molecule has 0 aromatic carbocycles. The van der Waals surface area contributed by atoms with Crippen LogP contribution in [0.2, 0.25) is 0 Å². The molecule has 2 N–H and O–H groups in total. The fraction of sp³-hybridized carbons (Fsp3) is 0.400. The van der Waals surface area contributed by atoms with E-state index in [-0.39, 0.29) is 0 Å². The van der Waals surface area contributed by atoms with Crippen LogP contribution >= 0.6 is 0 Å². The second-order valence-corrected chi connectivity index (χ2v) is 3.01. The Balaban J connectivity index is 2.73. The van der Waals surface area contributed by atoms with Crippen LogP contribution in [0.1, 0.15) is 25.5 Å². The molecule has 1 aromatic heterocycles. The molecule has 0 aliphatic carbocycles. The Bertz CT molecular complexity index is 288. The van der Waals surface area contributed by atoms with Crippen LogP contribution in [0.15, 0.2) is 23.3 Å². The maximum Gasteiger partial charge on any atom is 0.0996 e. The van der Waals surface area contributed by atoms with Crippen molar-refractivity contribution >= 4 is 11.5 Å². The highest BCUT2D eigenvalue weighted by atomic mass is 14.9. The van der Waals surface area contributed by atoms with Crippen molar-refractivity contribution in [3.63, 3.8) is 0 Å². The molecule has 0 fully saturated rings. The van der Waals surface area contributed by atoms with Crippen LogP contribution in [-0.2, 0) is 0 Å². The number of aliphatic imine (C=N–C) groups is 1. The fourth-order valence-corrected chi connectivity index (χ4v) is 1.00. The summed E-state index contributed by atoms with van der Waals surface area (Å²) in [5, 5.41) is 0. The van der Waals surface area contributed by atoms with E-state index in [9.17, 15) is 0 Å². The van der Waals surface area contributed by atoms with Gasteiger partial charge in [0, 0.05) is 12.1 Å². The number of rotatable bonds is 3. The van der Waals surface area contributed by atoms with Crippen LogP contribution in [0.3, 0.4) is 0 Å². The maximum absolute atomic E-state index is 5.68. The summed E-state index contributed by atoms with van der Waals surface area (Å²) in [7, 11) is 0. The van der Waals surface area contributed by atoms with Crippen molar-refractivity contribution in [3.8, 4) is 0 Å². The van der Waals surface area contributed by atoms with Crippen LogP contribution in [0, 0.1) is 6.92 Å². The van der Waals surface area contributed by atoms with Gasteiger partial charge in [-0.15, -0.1) is 0 Å². The predicted octanol–water partition coefficient (Wildman–Crippen LogP) is 2.18. The van der Waals surface area contributed by atoms with Gasteiger partial charge < -0.3 is 5.73 Å². The highest BCUT2D eigenvalue weighted by molar-refractivity contribution is 5.82. The first-order valence-corrected chi connectivity index (χ1v) is 4.48. The molecule has 1 heterocycles. The molecule has 0 unspecified atom stereocenters. The number of nitrogens with zero attached hydrogens (tertiary/aromatic N) is 2. The minimum atomic E-state index is 0.674. The maximum atomic E-state index is 5.68. The second kappa shape index (κ2) is 4.60. The molecule has 0 saturated heterocycles. The van der Waals surface area contributed by atoms with Crippen molar-refractivity contribution in [2.75, 3.05) is 0 Å². The topological polar surface area (TPSA) is 51.3 Å². The van der Waals surface area contributed by atoms with E-state index in [1.165, 1.54) is 0 Å². The first-order chi connectivity index (χ1) is 6.22. The van der Waals surface area contributed by atoms with Gasteiger partial charge in [0.05, 0.1) is 17.7 Å². The molecule has 0 amide bonds. The van der Waals surface area contributed by atoms with Crippen LogP contribution in [-0.4, -0.2) is 10.8 Å². The van der Waals surface area contributed by atoms with Gasteiger partial charge in [-0.3, -0.25) is 4.98 Å². The van der Waals surface area contributed by atoms with E-state index in [0.717, 1.165) is 24.2 Å². The van der Waals surface area contributed by atoms with Crippen LogP contribution in [0.5, 0.6) is 0 Å². The SMILES string of the molecule is CCCC(N)=Nc1ccc(C)nc1. The van der Waals surface area contributed by atoms with E-state index >= 15 is 0 Å². The molecule has 0 atom stereocenters. The van der Waals surface area contributed by atoms with Gasteiger partial charge in [-0.1, -0.05) is 6.92 Å². The third-order valence-electron chi connectivity index (χ3n) is 1.67. The summed E-state index contributed by atoms with van der Waals surface area (Å²) < 4.78 is 0. The lowest BCUT2D eigenvalue weighted by Crippen LogP contribution is -2.09. The summed E-state index contributed by atoms with van der Waals surface area (Å²) in [6.45, 7) is 4.03. The average Bonchev–Trinajstić information content (AvgIpc) is 2.09. The molecule has 0 aliphatic rings. The molecule has 1 aromatic rings. The average molecular weight is 177 g/mol. The molecular formula is C10H15N3. The van der Waals surface area contributed by atoms with Gasteiger partial charge in [0.15, 0.2) is 0 Å². The Labute approximate surface area is 78.7 Å². The van der Waals surface area contributed by atoms with Gasteiger partial charge >= 0.3 is 0 Å². The first-order valence-electron chi connectivity index (χ1n) is 4.48. The Morgan fingerprint density at radius 2 is 2.31 bits per heavy atom. The van der Waals surface area contributed by atoms with Crippen molar-refractivity contribution in [1.82, 2.24) is 4.98 Å². The lowest BCUT2D eigenvalue weighted by atomic mass is 10.3. The van der Waals surface area contributed by atoms with Gasteiger partial charge in [-0.25, -0.2) is 4.99 Å². The molecule has 3 nitrogen and oxygen atoms in total. The van der Waals surface area contributed by atoms with Crippen molar-refractivity contribution in [2.24, 2.45) is 10.7 Å². The minimum Gasteiger partial charge on any atom is -0.387 e. The van der Waals surface area contributed by atoms with Gasteiger partial charge in [-0.2, -0.15) is 0 Å². The lowest BCUT2D eigenvalue weighted by Gasteiger charge is -1.98. The highest BCUT2D eigenvalue weighted by Crippen LogP contribution is 2.10. The summed E-state index contributed by atoms with van der Waals surface area (Å²) >= 11 is 0. The highest BCUT2D eigenvalue weighted by Gasteiger charge is 1.92. The Morgan fingerprint density at radius 3 is 2.85 bits per heavy atom. The summed E-state index contributed by atoms with van der Waals surface area (Å²) in [6.07, 6.45) is 3.60. The number of hydrogen-bond acceptors (Lipinski definition) is 2. The van der Waals surface area contributed by atoms with E-state index < -0.39 is 0 Å². The summed E-state index contributed by atoms with van der Waals surface area (Å²) in [4.78, 5) is 8.35. The molecular weight excluding hydrogens is 162 g/mol. The molecule has 70 valence electrons. The van der Waals surface area contributed by atoms with E-state index in [2.05, 4.69) is 16.9 Å². The molecule has 0 aliphatic heterocycles. The van der Waals surface area contributed by atoms with Gasteiger partial charge in [0.1, 0.15) is 0 Å². The molecule has 0 radical (unpaired) electrons. The third-order valence-corrected chi connectivity index (χ3v) is 1.67. The lowest BCUT2D eigenvalue weighted by molar-refractivity contribution is 0.982. The molecule has 1 rings (SSSR count). The van der Waals surface area contributed by atoms with Crippen LogP contribution in [0.4, 0.5) is 5.69 Å². The Kier molecular flexibility index (Phi) is 3.43. The Hall–Kier alpha value is -1.38. The summed E-state index contributed by atoms with van der Waals surface area (Å²) in [5.74, 6) is 0.674. The third kappa shape index (κ3) is 3.23. The van der Waals surface area contributed by atoms with Crippen molar-refractivity contribution in [2.45, 2.75) is 26.7 Å². The van der Waals surface area contributed by atoms with Crippen molar-refractivity contribution in [1.29, 1.82) is 0 Å². The first kappa shape index (κ1) is 9.71. The number of nitrogens with two attached hydrogens (primary N) is 1. The fourth-order valence-electron chi connectivity index (χ4n) is 1.00.